The summed E-state index contributed by atoms with van der Waals surface area (Å²) >= 11 is 0. The molecule has 2 nitrogen and oxygen atoms in total. The van der Waals surface area contributed by atoms with E-state index in [1.54, 1.807) is 0 Å². The van der Waals surface area contributed by atoms with Gasteiger partial charge in [0, 0.05) is 29.8 Å². The minimum Gasteiger partial charge on any atom is -0.396 e. The molecular weight excluding hydrogens is 270 g/mol. The molecule has 0 spiro atoms. The lowest BCUT2D eigenvalue weighted by Crippen LogP contribution is -2.47. The van der Waals surface area contributed by atoms with Crippen molar-refractivity contribution in [3.05, 3.63) is 65.5 Å². The molecule has 22 heavy (non-hydrogen) atoms. The highest BCUT2D eigenvalue weighted by molar-refractivity contribution is 5.37. The minimum absolute atomic E-state index is 0.00905. The smallest absolute Gasteiger partial charge is 0.0499 e. The number of aliphatic hydroxyl groups excluding tert-OH is 1. The van der Waals surface area contributed by atoms with Crippen LogP contribution in [0.25, 0.3) is 0 Å². The van der Waals surface area contributed by atoms with Crippen molar-refractivity contribution in [2.45, 2.75) is 43.9 Å². The van der Waals surface area contributed by atoms with Crippen molar-refractivity contribution in [3.8, 4) is 0 Å². The molecule has 114 valence electrons. The average Bonchev–Trinajstić information content (AvgIpc) is 2.56. The SMILES string of the molecule is OCC1(C2CCCc3ccccc32)CCC1c1ccccn1. The molecule has 0 bridgehead atoms. The fourth-order valence-electron chi connectivity index (χ4n) is 4.75. The number of aliphatic hydroxyl groups is 1. The molecule has 2 aromatic rings. The zero-order valence-corrected chi connectivity index (χ0v) is 12.9. The first-order chi connectivity index (χ1) is 10.8. The Morgan fingerprint density at radius 2 is 1.91 bits per heavy atom. The Labute approximate surface area is 132 Å². The fourth-order valence-corrected chi connectivity index (χ4v) is 4.75. The number of rotatable bonds is 3. The lowest BCUT2D eigenvalue weighted by Gasteiger charge is -2.54. The molecule has 4 rings (SSSR count). The summed E-state index contributed by atoms with van der Waals surface area (Å²) in [5.74, 6) is 0.873. The molecule has 3 atom stereocenters. The summed E-state index contributed by atoms with van der Waals surface area (Å²) in [6.45, 7) is 0.271. The number of nitrogens with zero attached hydrogens (tertiary/aromatic N) is 1. The highest BCUT2D eigenvalue weighted by atomic mass is 16.3. The summed E-state index contributed by atoms with van der Waals surface area (Å²) in [6.07, 6.45) is 7.76. The first-order valence-electron chi connectivity index (χ1n) is 8.45. The number of pyridine rings is 1. The van der Waals surface area contributed by atoms with Gasteiger partial charge < -0.3 is 5.11 Å². The third-order valence-electron chi connectivity index (χ3n) is 6.00. The van der Waals surface area contributed by atoms with Crippen molar-refractivity contribution in [1.29, 1.82) is 0 Å². The van der Waals surface area contributed by atoms with E-state index >= 15 is 0 Å². The van der Waals surface area contributed by atoms with E-state index in [0.29, 0.717) is 11.8 Å². The summed E-state index contributed by atoms with van der Waals surface area (Å²) in [4.78, 5) is 4.58. The van der Waals surface area contributed by atoms with E-state index in [1.165, 1.54) is 30.4 Å². The van der Waals surface area contributed by atoms with Crippen LogP contribution < -0.4 is 0 Å². The van der Waals surface area contributed by atoms with Gasteiger partial charge in [0.05, 0.1) is 0 Å². The van der Waals surface area contributed by atoms with Crippen molar-refractivity contribution in [3.63, 3.8) is 0 Å². The molecule has 0 saturated heterocycles. The number of fused-ring (bicyclic) bond motifs is 1. The summed E-state index contributed by atoms with van der Waals surface area (Å²) < 4.78 is 0. The topological polar surface area (TPSA) is 33.1 Å². The maximum atomic E-state index is 10.3. The van der Waals surface area contributed by atoms with E-state index in [1.807, 2.05) is 12.3 Å². The van der Waals surface area contributed by atoms with Gasteiger partial charge in [-0.1, -0.05) is 30.3 Å². The van der Waals surface area contributed by atoms with Crippen LogP contribution in [0, 0.1) is 5.41 Å². The largest absolute Gasteiger partial charge is 0.396 e. The van der Waals surface area contributed by atoms with Gasteiger partial charge in [0.1, 0.15) is 0 Å². The van der Waals surface area contributed by atoms with Crippen molar-refractivity contribution in [2.24, 2.45) is 5.41 Å². The number of aryl methyl sites for hydroxylation is 1. The molecule has 1 aromatic carbocycles. The Morgan fingerprint density at radius 1 is 1.05 bits per heavy atom. The Hall–Kier alpha value is -1.67. The number of hydrogen-bond donors (Lipinski definition) is 1. The van der Waals surface area contributed by atoms with Crippen LogP contribution in [0.5, 0.6) is 0 Å². The molecule has 2 aliphatic carbocycles. The Morgan fingerprint density at radius 3 is 2.64 bits per heavy atom. The average molecular weight is 293 g/mol. The zero-order chi connectivity index (χ0) is 15.0. The molecule has 0 amide bonds. The maximum Gasteiger partial charge on any atom is 0.0499 e. The van der Waals surface area contributed by atoms with Gasteiger partial charge in [-0.3, -0.25) is 4.98 Å². The van der Waals surface area contributed by atoms with Crippen LogP contribution in [0.3, 0.4) is 0 Å². The van der Waals surface area contributed by atoms with Crippen LogP contribution in [0.1, 0.15) is 54.3 Å². The van der Waals surface area contributed by atoms with Gasteiger partial charge in [0.2, 0.25) is 0 Å². The Bertz CT molecular complexity index is 650. The van der Waals surface area contributed by atoms with Crippen LogP contribution in [0.15, 0.2) is 48.7 Å². The van der Waals surface area contributed by atoms with Gasteiger partial charge in [-0.05, 0) is 61.3 Å². The fraction of sp³-hybridized carbons (Fsp3) is 0.450. The van der Waals surface area contributed by atoms with Crippen molar-refractivity contribution in [1.82, 2.24) is 4.98 Å². The monoisotopic (exact) mass is 293 g/mol. The van der Waals surface area contributed by atoms with Crippen LogP contribution in [-0.2, 0) is 6.42 Å². The minimum atomic E-state index is -0.00905. The molecule has 2 heteroatoms. The van der Waals surface area contributed by atoms with Crippen LogP contribution in [-0.4, -0.2) is 16.7 Å². The molecular formula is C20H23NO. The van der Waals surface area contributed by atoms with Crippen molar-refractivity contribution in [2.75, 3.05) is 6.61 Å². The third-order valence-corrected chi connectivity index (χ3v) is 6.00. The van der Waals surface area contributed by atoms with Crippen LogP contribution in [0.2, 0.25) is 0 Å². The first kappa shape index (κ1) is 14.0. The zero-order valence-electron chi connectivity index (χ0n) is 12.9. The first-order valence-corrected chi connectivity index (χ1v) is 8.45. The van der Waals surface area contributed by atoms with Crippen molar-refractivity contribution < 1.29 is 5.11 Å². The molecule has 1 aromatic heterocycles. The molecule has 1 fully saturated rings. The Kier molecular flexibility index (Phi) is 3.50. The molecule has 0 radical (unpaired) electrons. The van der Waals surface area contributed by atoms with E-state index in [0.717, 1.165) is 18.5 Å². The van der Waals surface area contributed by atoms with Gasteiger partial charge in [-0.15, -0.1) is 0 Å². The van der Waals surface area contributed by atoms with Gasteiger partial charge in [-0.2, -0.15) is 0 Å². The van der Waals surface area contributed by atoms with Gasteiger partial charge >= 0.3 is 0 Å². The predicted octanol–water partition coefficient (Wildman–Crippen LogP) is 4.06. The normalized spacial score (nSPS) is 30.4. The second kappa shape index (κ2) is 5.51. The maximum absolute atomic E-state index is 10.3. The molecule has 1 saturated carbocycles. The standard InChI is InChI=1S/C20H23NO/c22-14-20(12-11-18(20)19-10-3-4-13-21-19)17-9-5-7-15-6-1-2-8-16(15)17/h1-4,6,8,10,13,17-18,22H,5,7,9,11-12,14H2. The van der Waals surface area contributed by atoms with E-state index in [9.17, 15) is 5.11 Å². The number of benzene rings is 1. The van der Waals surface area contributed by atoms with E-state index < -0.39 is 0 Å². The number of hydrogen-bond acceptors (Lipinski definition) is 2. The predicted molar refractivity (Wildman–Crippen MR) is 87.9 cm³/mol. The summed E-state index contributed by atoms with van der Waals surface area (Å²) in [6, 6.07) is 15.0. The van der Waals surface area contributed by atoms with E-state index in [4.69, 9.17) is 0 Å². The van der Waals surface area contributed by atoms with E-state index in [-0.39, 0.29) is 12.0 Å². The second-order valence-corrected chi connectivity index (χ2v) is 6.88. The number of aromatic nitrogens is 1. The van der Waals surface area contributed by atoms with Crippen LogP contribution in [0.4, 0.5) is 0 Å². The van der Waals surface area contributed by atoms with Crippen molar-refractivity contribution >= 4 is 0 Å². The quantitative estimate of drug-likeness (QED) is 0.926. The summed E-state index contributed by atoms with van der Waals surface area (Å²) in [7, 11) is 0. The highest BCUT2D eigenvalue weighted by Gasteiger charge is 2.53. The van der Waals surface area contributed by atoms with Gasteiger partial charge in [0.15, 0.2) is 0 Å². The molecule has 2 aliphatic rings. The summed E-state index contributed by atoms with van der Waals surface area (Å²) in [5, 5.41) is 10.3. The Balaban J connectivity index is 1.74. The lowest BCUT2D eigenvalue weighted by atomic mass is 9.50. The van der Waals surface area contributed by atoms with Gasteiger partial charge in [-0.25, -0.2) is 0 Å². The summed E-state index contributed by atoms with van der Waals surface area (Å²) in [5.41, 5.74) is 4.11. The van der Waals surface area contributed by atoms with Crippen LogP contribution >= 0.6 is 0 Å². The van der Waals surface area contributed by atoms with Gasteiger partial charge in [0.25, 0.3) is 0 Å². The molecule has 1 N–H and O–H groups in total. The second-order valence-electron chi connectivity index (χ2n) is 6.88. The molecule has 3 unspecified atom stereocenters. The molecule has 1 heterocycles. The lowest BCUT2D eigenvalue weighted by molar-refractivity contribution is -0.0174. The highest BCUT2D eigenvalue weighted by Crippen LogP contribution is 2.62. The molecule has 0 aliphatic heterocycles. The third kappa shape index (κ3) is 2.01. The van der Waals surface area contributed by atoms with E-state index in [2.05, 4.69) is 41.4 Å².